The second-order valence-electron chi connectivity index (χ2n) is 6.03. The molecule has 1 unspecified atom stereocenters. The summed E-state index contributed by atoms with van der Waals surface area (Å²) in [5.74, 6) is -0.0412. The van der Waals surface area contributed by atoms with Crippen LogP contribution in [0, 0.1) is 0 Å². The summed E-state index contributed by atoms with van der Waals surface area (Å²) in [5.41, 5.74) is 2.19. The summed E-state index contributed by atoms with van der Waals surface area (Å²) >= 11 is 12.0. The van der Waals surface area contributed by atoms with Crippen molar-refractivity contribution in [2.75, 3.05) is 12.3 Å². The van der Waals surface area contributed by atoms with Crippen LogP contribution in [-0.4, -0.2) is 46.6 Å². The van der Waals surface area contributed by atoms with Gasteiger partial charge in [-0.05, 0) is 36.7 Å². The quantitative estimate of drug-likeness (QED) is 0.459. The molecule has 3 N–H and O–H groups in total. The van der Waals surface area contributed by atoms with Crippen LogP contribution < -0.4 is 10.0 Å². The highest BCUT2D eigenvalue weighted by Crippen LogP contribution is 2.23. The van der Waals surface area contributed by atoms with Crippen molar-refractivity contribution in [2.45, 2.75) is 19.7 Å². The molecule has 0 aliphatic rings. The van der Waals surface area contributed by atoms with Crippen LogP contribution in [0.2, 0.25) is 10.4 Å². The molecule has 1 atom stereocenters. The van der Waals surface area contributed by atoms with Crippen molar-refractivity contribution in [1.29, 1.82) is 0 Å². The molecule has 3 aromatic rings. The summed E-state index contributed by atoms with van der Waals surface area (Å²) in [5, 5.41) is 14.2. The van der Waals surface area contributed by atoms with Gasteiger partial charge < -0.3 is 5.11 Å². The average molecular weight is 444 g/mol. The summed E-state index contributed by atoms with van der Waals surface area (Å²) in [7, 11) is -3.35. The Morgan fingerprint density at radius 3 is 2.64 bits per heavy atom. The molecule has 3 rings (SSSR count). The zero-order valence-corrected chi connectivity index (χ0v) is 17.3. The van der Waals surface area contributed by atoms with Crippen molar-refractivity contribution < 1.29 is 13.5 Å². The number of benzene rings is 1. The highest BCUT2D eigenvalue weighted by molar-refractivity contribution is 7.89. The van der Waals surface area contributed by atoms with E-state index in [4.69, 9.17) is 23.2 Å². The minimum atomic E-state index is -3.35. The number of imidazole rings is 1. The van der Waals surface area contributed by atoms with Crippen LogP contribution in [-0.2, 0) is 16.6 Å². The first kappa shape index (κ1) is 21.0. The summed E-state index contributed by atoms with van der Waals surface area (Å²) < 4.78 is 26.8. The van der Waals surface area contributed by atoms with Crippen molar-refractivity contribution in [3.8, 4) is 5.69 Å². The maximum absolute atomic E-state index is 11.4. The molecule has 0 bridgehead atoms. The van der Waals surface area contributed by atoms with Crippen molar-refractivity contribution in [2.24, 2.45) is 0 Å². The number of aromatic nitrogens is 3. The van der Waals surface area contributed by atoms with E-state index in [1.165, 1.54) is 6.92 Å². The Labute approximate surface area is 172 Å². The van der Waals surface area contributed by atoms with E-state index in [0.717, 1.165) is 16.6 Å². The first-order valence-electron chi connectivity index (χ1n) is 8.46. The predicted octanol–water partition coefficient (Wildman–Crippen LogP) is 2.07. The van der Waals surface area contributed by atoms with Crippen LogP contribution >= 0.6 is 23.2 Å². The molecule has 0 amide bonds. The van der Waals surface area contributed by atoms with Gasteiger partial charge in [-0.1, -0.05) is 23.7 Å². The number of nitrogens with one attached hydrogen (secondary N) is 2. The minimum Gasteiger partial charge on any atom is -0.377 e. The molecule has 1 aromatic carbocycles. The van der Waals surface area contributed by atoms with Crippen molar-refractivity contribution in [3.05, 3.63) is 52.7 Å². The highest BCUT2D eigenvalue weighted by atomic mass is 35.5. The molecule has 150 valence electrons. The molecule has 0 fully saturated rings. The Kier molecular flexibility index (Phi) is 6.54. The van der Waals surface area contributed by atoms with Crippen LogP contribution in [0.5, 0.6) is 0 Å². The van der Waals surface area contributed by atoms with E-state index in [1.54, 1.807) is 10.8 Å². The molecular formula is C17H19Cl2N5O3S. The van der Waals surface area contributed by atoms with Crippen LogP contribution in [0.15, 0.2) is 36.5 Å². The Morgan fingerprint density at radius 1 is 1.21 bits per heavy atom. The monoisotopic (exact) mass is 443 g/mol. The lowest BCUT2D eigenvalue weighted by molar-refractivity contribution is 0.139. The van der Waals surface area contributed by atoms with Crippen LogP contribution in [0.4, 0.5) is 0 Å². The fraction of sp³-hybridized carbons (Fsp3) is 0.294. The van der Waals surface area contributed by atoms with Gasteiger partial charge in [0, 0.05) is 24.7 Å². The molecule has 0 aliphatic heterocycles. The number of pyridine rings is 1. The maximum Gasteiger partial charge on any atom is 0.211 e. The molecule has 0 saturated carbocycles. The molecule has 28 heavy (non-hydrogen) atoms. The van der Waals surface area contributed by atoms with Crippen molar-refractivity contribution in [1.82, 2.24) is 24.6 Å². The van der Waals surface area contributed by atoms with E-state index in [0.29, 0.717) is 10.8 Å². The Morgan fingerprint density at radius 2 is 1.96 bits per heavy atom. The number of halogens is 2. The standard InChI is InChI=1S/C17H19Cl2N5O3S/c1-2-28(26,27)21-9-16(25)20-8-12-5-3-11-4-6-13(7-14(11)22-12)24-10-15(18)23-17(24)19/h3-7,10,16,20-21,25H,2,8-9H2,1H3. The van der Waals surface area contributed by atoms with Gasteiger partial charge in [0.2, 0.25) is 15.3 Å². The van der Waals surface area contributed by atoms with Gasteiger partial charge in [0.05, 0.1) is 22.7 Å². The third kappa shape index (κ3) is 5.19. The molecule has 0 spiro atoms. The van der Waals surface area contributed by atoms with E-state index < -0.39 is 16.3 Å². The summed E-state index contributed by atoms with van der Waals surface area (Å²) in [4.78, 5) is 8.53. The minimum absolute atomic E-state index is 0.0412. The molecule has 0 aliphatic carbocycles. The Bertz CT molecular complexity index is 1090. The zero-order valence-electron chi connectivity index (χ0n) is 14.9. The van der Waals surface area contributed by atoms with E-state index in [1.807, 2.05) is 30.3 Å². The van der Waals surface area contributed by atoms with Gasteiger partial charge in [-0.15, -0.1) is 0 Å². The number of aliphatic hydroxyl groups excluding tert-OH is 1. The Balaban J connectivity index is 1.72. The zero-order chi connectivity index (χ0) is 20.3. The summed E-state index contributed by atoms with van der Waals surface area (Å²) in [6, 6.07) is 9.40. The van der Waals surface area contributed by atoms with Crippen molar-refractivity contribution in [3.63, 3.8) is 0 Å². The second-order valence-corrected chi connectivity index (χ2v) is 8.85. The molecule has 0 saturated heterocycles. The Hall–Kier alpha value is -1.75. The number of fused-ring (bicyclic) bond motifs is 1. The molecule has 0 radical (unpaired) electrons. The van der Waals surface area contributed by atoms with Crippen LogP contribution in [0.1, 0.15) is 12.6 Å². The third-order valence-corrected chi connectivity index (χ3v) is 5.86. The van der Waals surface area contributed by atoms with Gasteiger partial charge in [-0.25, -0.2) is 18.1 Å². The van der Waals surface area contributed by atoms with E-state index in [-0.39, 0.29) is 24.1 Å². The van der Waals surface area contributed by atoms with E-state index >= 15 is 0 Å². The second kappa shape index (κ2) is 8.73. The number of nitrogens with zero attached hydrogens (tertiary/aromatic N) is 3. The molecule has 8 nitrogen and oxygen atoms in total. The lowest BCUT2D eigenvalue weighted by atomic mass is 10.2. The molecule has 2 aromatic heterocycles. The number of hydrogen-bond donors (Lipinski definition) is 3. The third-order valence-electron chi connectivity index (χ3n) is 4.04. The predicted molar refractivity (Wildman–Crippen MR) is 109 cm³/mol. The molecule has 11 heteroatoms. The van der Waals surface area contributed by atoms with Gasteiger partial charge in [-0.2, -0.15) is 0 Å². The normalized spacial score (nSPS) is 13.1. The molecule has 2 heterocycles. The van der Waals surface area contributed by atoms with Crippen LogP contribution in [0.3, 0.4) is 0 Å². The van der Waals surface area contributed by atoms with Gasteiger partial charge in [-0.3, -0.25) is 14.9 Å². The average Bonchev–Trinajstić information content (AvgIpc) is 3.02. The first-order chi connectivity index (χ1) is 13.3. The summed E-state index contributed by atoms with van der Waals surface area (Å²) in [6.07, 6.45) is 0.585. The number of rotatable bonds is 8. The topological polar surface area (TPSA) is 109 Å². The van der Waals surface area contributed by atoms with Gasteiger partial charge in [0.25, 0.3) is 0 Å². The van der Waals surface area contributed by atoms with Gasteiger partial charge in [0.1, 0.15) is 11.4 Å². The largest absolute Gasteiger partial charge is 0.377 e. The smallest absolute Gasteiger partial charge is 0.211 e. The maximum atomic E-state index is 11.4. The molecular weight excluding hydrogens is 425 g/mol. The number of aliphatic hydroxyl groups is 1. The fourth-order valence-corrected chi connectivity index (χ4v) is 3.58. The SMILES string of the molecule is CCS(=O)(=O)NCC(O)NCc1ccc2ccc(-n3cc(Cl)nc3Cl)cc2n1. The number of sulfonamides is 1. The fourth-order valence-electron chi connectivity index (χ4n) is 2.51. The number of hydrogen-bond acceptors (Lipinski definition) is 6. The summed E-state index contributed by atoms with van der Waals surface area (Å²) in [6.45, 7) is 1.68. The van der Waals surface area contributed by atoms with E-state index in [2.05, 4.69) is 20.0 Å². The highest BCUT2D eigenvalue weighted by Gasteiger charge is 2.11. The van der Waals surface area contributed by atoms with Gasteiger partial charge in [0.15, 0.2) is 0 Å². The van der Waals surface area contributed by atoms with Crippen molar-refractivity contribution >= 4 is 44.1 Å². The van der Waals surface area contributed by atoms with Crippen LogP contribution in [0.25, 0.3) is 16.6 Å². The first-order valence-corrected chi connectivity index (χ1v) is 10.9. The lowest BCUT2D eigenvalue weighted by Crippen LogP contribution is -2.41. The van der Waals surface area contributed by atoms with Gasteiger partial charge >= 0.3 is 0 Å². The lowest BCUT2D eigenvalue weighted by Gasteiger charge is -2.13. The van der Waals surface area contributed by atoms with E-state index in [9.17, 15) is 13.5 Å².